The Hall–Kier alpha value is -0.420. The molecule has 4 nitrogen and oxygen atoms in total. The summed E-state index contributed by atoms with van der Waals surface area (Å²) in [6.45, 7) is 1.48. The number of hydrogen-bond acceptors (Lipinski definition) is 4. The van der Waals surface area contributed by atoms with Gasteiger partial charge in [0.25, 0.3) is 0 Å². The Morgan fingerprint density at radius 2 is 2.25 bits per heavy atom. The van der Waals surface area contributed by atoms with Crippen LogP contribution in [0.15, 0.2) is 0 Å². The van der Waals surface area contributed by atoms with Crippen molar-refractivity contribution in [3.8, 4) is 0 Å². The molecule has 0 radical (unpaired) electrons. The Balaban J connectivity index is 2.87. The third kappa shape index (κ3) is 1.27. The van der Waals surface area contributed by atoms with Crippen molar-refractivity contribution >= 4 is 27.9 Å². The van der Waals surface area contributed by atoms with Crippen LogP contribution in [-0.2, 0) is 14.3 Å². The SMILES string of the molecule is CC1C(=O)OC(=O)C1(O)CCBr. The lowest BCUT2D eigenvalue weighted by molar-refractivity contribution is -0.158. The van der Waals surface area contributed by atoms with Crippen molar-refractivity contribution in [3.63, 3.8) is 0 Å². The van der Waals surface area contributed by atoms with E-state index in [1.54, 1.807) is 0 Å². The molecule has 0 amide bonds. The number of cyclic esters (lactones) is 2. The first-order chi connectivity index (χ1) is 5.52. The second kappa shape index (κ2) is 3.14. The Bertz CT molecular complexity index is 227. The molecule has 12 heavy (non-hydrogen) atoms. The van der Waals surface area contributed by atoms with Crippen LogP contribution in [-0.4, -0.2) is 28.0 Å². The predicted octanol–water partition coefficient (Wildman–Crippen LogP) is 0.222. The summed E-state index contributed by atoms with van der Waals surface area (Å²) in [7, 11) is 0. The minimum atomic E-state index is -1.62. The van der Waals surface area contributed by atoms with Gasteiger partial charge in [-0.15, -0.1) is 0 Å². The van der Waals surface area contributed by atoms with Crippen LogP contribution in [0, 0.1) is 5.92 Å². The first-order valence-electron chi connectivity index (χ1n) is 3.57. The third-order valence-electron chi connectivity index (χ3n) is 2.09. The zero-order valence-electron chi connectivity index (χ0n) is 6.54. The van der Waals surface area contributed by atoms with Crippen LogP contribution in [0.1, 0.15) is 13.3 Å². The van der Waals surface area contributed by atoms with Gasteiger partial charge in [0, 0.05) is 5.33 Å². The van der Waals surface area contributed by atoms with Gasteiger partial charge in [-0.05, 0) is 13.3 Å². The number of hydrogen-bond donors (Lipinski definition) is 1. The molecule has 0 aromatic carbocycles. The van der Waals surface area contributed by atoms with Crippen LogP contribution in [0.5, 0.6) is 0 Å². The zero-order valence-corrected chi connectivity index (χ0v) is 8.13. The molecule has 1 heterocycles. The first kappa shape index (κ1) is 9.67. The molecule has 2 atom stereocenters. The average Bonchev–Trinajstić information content (AvgIpc) is 2.17. The van der Waals surface area contributed by atoms with E-state index in [1.165, 1.54) is 6.92 Å². The fourth-order valence-corrected chi connectivity index (χ4v) is 1.71. The standard InChI is InChI=1S/C7H9BrO4/c1-4-5(9)12-6(10)7(4,11)2-3-8/h4,11H,2-3H2,1H3. The molecule has 1 N–H and O–H groups in total. The highest BCUT2D eigenvalue weighted by Gasteiger charge is 2.53. The largest absolute Gasteiger partial charge is 0.391 e. The number of ether oxygens (including phenoxy) is 1. The molecule has 0 bridgehead atoms. The molecular weight excluding hydrogens is 228 g/mol. The summed E-state index contributed by atoms with van der Waals surface area (Å²) in [5, 5.41) is 10.1. The third-order valence-corrected chi connectivity index (χ3v) is 2.49. The lowest BCUT2D eigenvalue weighted by Gasteiger charge is -2.19. The van der Waals surface area contributed by atoms with Gasteiger partial charge >= 0.3 is 11.9 Å². The molecule has 68 valence electrons. The minimum Gasteiger partial charge on any atom is -0.391 e. The van der Waals surface area contributed by atoms with Crippen LogP contribution in [0.2, 0.25) is 0 Å². The van der Waals surface area contributed by atoms with Gasteiger partial charge in [-0.1, -0.05) is 15.9 Å². The van der Waals surface area contributed by atoms with E-state index in [9.17, 15) is 14.7 Å². The molecule has 1 aliphatic heterocycles. The fourth-order valence-electron chi connectivity index (χ4n) is 1.10. The van der Waals surface area contributed by atoms with Gasteiger partial charge in [0.15, 0.2) is 5.60 Å². The van der Waals surface area contributed by atoms with E-state index < -0.39 is 23.5 Å². The normalized spacial score (nSPS) is 35.4. The molecule has 0 saturated carbocycles. The van der Waals surface area contributed by atoms with Crippen molar-refractivity contribution in [2.75, 3.05) is 5.33 Å². The second-order valence-electron chi connectivity index (χ2n) is 2.79. The van der Waals surface area contributed by atoms with Crippen molar-refractivity contribution < 1.29 is 19.4 Å². The molecule has 0 spiro atoms. The van der Waals surface area contributed by atoms with Gasteiger partial charge in [0.1, 0.15) is 0 Å². The monoisotopic (exact) mass is 236 g/mol. The van der Waals surface area contributed by atoms with E-state index in [4.69, 9.17) is 0 Å². The minimum absolute atomic E-state index is 0.193. The second-order valence-corrected chi connectivity index (χ2v) is 3.59. The van der Waals surface area contributed by atoms with Crippen molar-refractivity contribution in [1.29, 1.82) is 0 Å². The lowest BCUT2D eigenvalue weighted by atomic mass is 9.89. The van der Waals surface area contributed by atoms with Crippen LogP contribution in [0.25, 0.3) is 0 Å². The van der Waals surface area contributed by atoms with Crippen LogP contribution < -0.4 is 0 Å². The van der Waals surface area contributed by atoms with Crippen molar-refractivity contribution in [3.05, 3.63) is 0 Å². The summed E-state index contributed by atoms with van der Waals surface area (Å²) < 4.78 is 4.29. The summed E-state index contributed by atoms with van der Waals surface area (Å²) >= 11 is 3.09. The Kier molecular flexibility index (Phi) is 2.53. The zero-order chi connectivity index (χ0) is 9.35. The fraction of sp³-hybridized carbons (Fsp3) is 0.714. The molecule has 1 aliphatic rings. The van der Waals surface area contributed by atoms with Gasteiger partial charge in [-0.3, -0.25) is 4.79 Å². The number of aliphatic hydroxyl groups is 1. The summed E-state index contributed by atoms with van der Waals surface area (Å²) in [5.74, 6) is -2.24. The van der Waals surface area contributed by atoms with Gasteiger partial charge in [0.05, 0.1) is 5.92 Å². The lowest BCUT2D eigenvalue weighted by Crippen LogP contribution is -2.40. The number of carbonyl (C=O) groups excluding carboxylic acids is 2. The summed E-state index contributed by atoms with van der Waals surface area (Å²) in [6.07, 6.45) is 0.193. The molecular formula is C7H9BrO4. The van der Waals surface area contributed by atoms with Gasteiger partial charge in [-0.25, -0.2) is 4.79 Å². The molecule has 0 aliphatic carbocycles. The molecule has 0 aromatic rings. The maximum Gasteiger partial charge on any atom is 0.346 e. The van der Waals surface area contributed by atoms with E-state index in [2.05, 4.69) is 20.7 Å². The highest BCUT2D eigenvalue weighted by Crippen LogP contribution is 2.31. The van der Waals surface area contributed by atoms with E-state index >= 15 is 0 Å². The van der Waals surface area contributed by atoms with Crippen LogP contribution >= 0.6 is 15.9 Å². The Morgan fingerprint density at radius 3 is 2.58 bits per heavy atom. The average molecular weight is 237 g/mol. The van der Waals surface area contributed by atoms with Crippen LogP contribution in [0.3, 0.4) is 0 Å². The van der Waals surface area contributed by atoms with E-state index in [0.717, 1.165) is 0 Å². The topological polar surface area (TPSA) is 63.6 Å². The maximum absolute atomic E-state index is 11.0. The molecule has 2 unspecified atom stereocenters. The van der Waals surface area contributed by atoms with Crippen LogP contribution in [0.4, 0.5) is 0 Å². The van der Waals surface area contributed by atoms with E-state index in [1.807, 2.05) is 0 Å². The molecule has 1 saturated heterocycles. The molecule has 1 rings (SSSR count). The van der Waals surface area contributed by atoms with Gasteiger partial charge < -0.3 is 9.84 Å². The van der Waals surface area contributed by atoms with E-state index in [0.29, 0.717) is 5.33 Å². The first-order valence-corrected chi connectivity index (χ1v) is 4.69. The van der Waals surface area contributed by atoms with Crippen molar-refractivity contribution in [1.82, 2.24) is 0 Å². The number of carbonyl (C=O) groups is 2. The number of esters is 2. The smallest absolute Gasteiger partial charge is 0.346 e. The summed E-state index contributed by atoms with van der Waals surface area (Å²) in [5.41, 5.74) is -1.62. The quantitative estimate of drug-likeness (QED) is 0.424. The van der Waals surface area contributed by atoms with E-state index in [-0.39, 0.29) is 6.42 Å². The summed E-state index contributed by atoms with van der Waals surface area (Å²) in [6, 6.07) is 0. The highest BCUT2D eigenvalue weighted by molar-refractivity contribution is 9.09. The van der Waals surface area contributed by atoms with Gasteiger partial charge in [0.2, 0.25) is 0 Å². The summed E-state index contributed by atoms with van der Waals surface area (Å²) in [4.78, 5) is 21.8. The van der Waals surface area contributed by atoms with Crippen molar-refractivity contribution in [2.24, 2.45) is 5.92 Å². The molecule has 5 heteroatoms. The maximum atomic E-state index is 11.0. The molecule has 0 aromatic heterocycles. The Morgan fingerprint density at radius 1 is 1.67 bits per heavy atom. The molecule has 1 fully saturated rings. The van der Waals surface area contributed by atoms with Crippen molar-refractivity contribution in [2.45, 2.75) is 18.9 Å². The predicted molar refractivity (Wildman–Crippen MR) is 43.6 cm³/mol. The number of alkyl halides is 1. The van der Waals surface area contributed by atoms with Gasteiger partial charge in [-0.2, -0.15) is 0 Å². The highest BCUT2D eigenvalue weighted by atomic mass is 79.9. The Labute approximate surface area is 78.0 Å². The number of rotatable bonds is 2. The number of halogens is 1.